The molecule has 2 rings (SSSR count). The lowest BCUT2D eigenvalue weighted by molar-refractivity contribution is -0.159. The largest absolute Gasteiger partial charge is 0.462 e. The van der Waals surface area contributed by atoms with Crippen LogP contribution in [0.25, 0.3) is 0 Å². The standard InChI is InChI=1S/C18H26O4/c1-13-7-3-5-9-15(13)17(19)21-11-12-22-18(20)16-10-6-4-8-14(16)2/h3-6,13-16H,7-12H2,1-2H3/t13-,14-,15-,16+/m0/s1. The summed E-state index contributed by atoms with van der Waals surface area (Å²) < 4.78 is 10.5. The monoisotopic (exact) mass is 306 g/mol. The molecule has 0 aromatic heterocycles. The highest BCUT2D eigenvalue weighted by Crippen LogP contribution is 2.27. The lowest BCUT2D eigenvalue weighted by Crippen LogP contribution is -2.28. The average molecular weight is 306 g/mol. The predicted octanol–water partition coefficient (Wildman–Crippen LogP) is 3.28. The van der Waals surface area contributed by atoms with Crippen LogP contribution in [-0.2, 0) is 19.1 Å². The van der Waals surface area contributed by atoms with Crippen LogP contribution in [0.4, 0.5) is 0 Å². The Bertz CT molecular complexity index is 410. The quantitative estimate of drug-likeness (QED) is 0.444. The molecule has 0 heterocycles. The Labute approximate surface area is 132 Å². The zero-order valence-corrected chi connectivity index (χ0v) is 13.5. The van der Waals surface area contributed by atoms with E-state index in [9.17, 15) is 9.59 Å². The predicted molar refractivity (Wildman–Crippen MR) is 84.0 cm³/mol. The summed E-state index contributed by atoms with van der Waals surface area (Å²) in [5.74, 6) is 0.141. The minimum Gasteiger partial charge on any atom is -0.462 e. The van der Waals surface area contributed by atoms with Crippen molar-refractivity contribution in [2.24, 2.45) is 23.7 Å². The van der Waals surface area contributed by atoms with Crippen LogP contribution < -0.4 is 0 Å². The van der Waals surface area contributed by atoms with Crippen LogP contribution in [0.3, 0.4) is 0 Å². The van der Waals surface area contributed by atoms with Gasteiger partial charge in [0.15, 0.2) is 0 Å². The number of carbonyl (C=O) groups excluding carboxylic acids is 2. The van der Waals surface area contributed by atoms with Gasteiger partial charge in [-0.2, -0.15) is 0 Å². The number of rotatable bonds is 5. The van der Waals surface area contributed by atoms with Gasteiger partial charge in [-0.05, 0) is 37.5 Å². The number of hydrogen-bond acceptors (Lipinski definition) is 4. The SMILES string of the molecule is C[C@H]1CC=CC[C@@H]1C(=O)OCCOC(=O)[C@@H]1CC=CC[C@@H]1C. The lowest BCUT2D eigenvalue weighted by atomic mass is 9.84. The minimum atomic E-state index is -0.179. The van der Waals surface area contributed by atoms with E-state index in [2.05, 4.69) is 26.0 Å². The Kier molecular flexibility index (Phi) is 6.22. The van der Waals surface area contributed by atoms with Crippen LogP contribution in [0.5, 0.6) is 0 Å². The number of carbonyl (C=O) groups is 2. The van der Waals surface area contributed by atoms with Crippen LogP contribution in [0.1, 0.15) is 39.5 Å². The van der Waals surface area contributed by atoms with Gasteiger partial charge in [0.1, 0.15) is 13.2 Å². The van der Waals surface area contributed by atoms with E-state index in [4.69, 9.17) is 9.47 Å². The summed E-state index contributed by atoms with van der Waals surface area (Å²) in [5, 5.41) is 0. The molecule has 0 saturated carbocycles. The molecular formula is C18H26O4. The third-order valence-electron chi connectivity index (χ3n) is 4.68. The molecule has 4 heteroatoms. The Hall–Kier alpha value is -1.58. The van der Waals surface area contributed by atoms with Gasteiger partial charge in [-0.1, -0.05) is 38.2 Å². The van der Waals surface area contributed by atoms with E-state index in [1.807, 2.05) is 12.2 Å². The summed E-state index contributed by atoms with van der Waals surface area (Å²) in [6.45, 7) is 4.42. The van der Waals surface area contributed by atoms with Crippen LogP contribution in [-0.4, -0.2) is 25.2 Å². The third kappa shape index (κ3) is 4.46. The lowest BCUT2D eigenvalue weighted by Gasteiger charge is -2.24. The van der Waals surface area contributed by atoms with Crippen molar-refractivity contribution in [1.29, 1.82) is 0 Å². The van der Waals surface area contributed by atoms with Crippen LogP contribution >= 0.6 is 0 Å². The van der Waals surface area contributed by atoms with Crippen LogP contribution in [0, 0.1) is 23.7 Å². The summed E-state index contributed by atoms with van der Waals surface area (Å²) in [7, 11) is 0. The second-order valence-electron chi connectivity index (χ2n) is 6.39. The Morgan fingerprint density at radius 3 is 1.50 bits per heavy atom. The fourth-order valence-electron chi connectivity index (χ4n) is 3.06. The van der Waals surface area contributed by atoms with Crippen molar-refractivity contribution in [1.82, 2.24) is 0 Å². The van der Waals surface area contributed by atoms with Gasteiger partial charge in [0.25, 0.3) is 0 Å². The first-order valence-electron chi connectivity index (χ1n) is 8.23. The molecule has 0 spiro atoms. The maximum atomic E-state index is 12.0. The second-order valence-corrected chi connectivity index (χ2v) is 6.39. The van der Waals surface area contributed by atoms with Crippen molar-refractivity contribution in [2.45, 2.75) is 39.5 Å². The maximum Gasteiger partial charge on any atom is 0.309 e. The molecule has 0 radical (unpaired) electrons. The molecule has 22 heavy (non-hydrogen) atoms. The number of allylic oxidation sites excluding steroid dienone is 4. The molecule has 2 aliphatic rings. The van der Waals surface area contributed by atoms with Gasteiger partial charge < -0.3 is 9.47 Å². The van der Waals surface area contributed by atoms with Crippen molar-refractivity contribution < 1.29 is 19.1 Å². The summed E-state index contributed by atoms with van der Waals surface area (Å²) in [6.07, 6.45) is 11.6. The molecule has 0 aromatic rings. The molecule has 0 unspecified atom stereocenters. The molecule has 0 fully saturated rings. The molecule has 4 nitrogen and oxygen atoms in total. The van der Waals surface area contributed by atoms with E-state index in [0.717, 1.165) is 25.7 Å². The second kappa shape index (κ2) is 8.16. The Morgan fingerprint density at radius 1 is 0.773 bits per heavy atom. The molecular weight excluding hydrogens is 280 g/mol. The van der Waals surface area contributed by atoms with Crippen molar-refractivity contribution >= 4 is 11.9 Å². The third-order valence-corrected chi connectivity index (χ3v) is 4.68. The van der Waals surface area contributed by atoms with Gasteiger partial charge in [-0.3, -0.25) is 9.59 Å². The van der Waals surface area contributed by atoms with Gasteiger partial charge >= 0.3 is 11.9 Å². The van der Waals surface area contributed by atoms with Crippen LogP contribution in [0.2, 0.25) is 0 Å². The molecule has 0 N–H and O–H groups in total. The van der Waals surface area contributed by atoms with Gasteiger partial charge in [-0.25, -0.2) is 0 Å². The van der Waals surface area contributed by atoms with E-state index in [1.165, 1.54) is 0 Å². The Morgan fingerprint density at radius 2 is 1.14 bits per heavy atom. The molecule has 2 aliphatic carbocycles. The molecule has 0 aliphatic heterocycles. The van der Waals surface area contributed by atoms with Gasteiger partial charge in [0, 0.05) is 0 Å². The van der Waals surface area contributed by atoms with Gasteiger partial charge in [-0.15, -0.1) is 0 Å². The molecule has 122 valence electrons. The topological polar surface area (TPSA) is 52.6 Å². The summed E-state index contributed by atoms with van der Waals surface area (Å²) in [4.78, 5) is 24.0. The first kappa shape index (κ1) is 16.8. The van der Waals surface area contributed by atoms with Crippen molar-refractivity contribution in [3.05, 3.63) is 24.3 Å². The van der Waals surface area contributed by atoms with Crippen molar-refractivity contribution in [2.75, 3.05) is 13.2 Å². The molecule has 0 bridgehead atoms. The zero-order valence-electron chi connectivity index (χ0n) is 13.5. The van der Waals surface area contributed by atoms with Gasteiger partial charge in [0.05, 0.1) is 11.8 Å². The van der Waals surface area contributed by atoms with Gasteiger partial charge in [0.2, 0.25) is 0 Å². The highest BCUT2D eigenvalue weighted by Gasteiger charge is 2.28. The smallest absolute Gasteiger partial charge is 0.309 e. The summed E-state index contributed by atoms with van der Waals surface area (Å²) in [6, 6.07) is 0. The van der Waals surface area contributed by atoms with E-state index in [-0.39, 0.29) is 37.0 Å². The number of ether oxygens (including phenoxy) is 2. The van der Waals surface area contributed by atoms with E-state index < -0.39 is 0 Å². The first-order chi connectivity index (χ1) is 10.6. The summed E-state index contributed by atoms with van der Waals surface area (Å²) >= 11 is 0. The van der Waals surface area contributed by atoms with E-state index in [0.29, 0.717) is 11.8 Å². The van der Waals surface area contributed by atoms with E-state index in [1.54, 1.807) is 0 Å². The van der Waals surface area contributed by atoms with Crippen LogP contribution in [0.15, 0.2) is 24.3 Å². The fraction of sp³-hybridized carbons (Fsp3) is 0.667. The zero-order chi connectivity index (χ0) is 15.9. The average Bonchev–Trinajstić information content (AvgIpc) is 2.52. The fourth-order valence-corrected chi connectivity index (χ4v) is 3.06. The van der Waals surface area contributed by atoms with E-state index >= 15 is 0 Å². The highest BCUT2D eigenvalue weighted by molar-refractivity contribution is 5.74. The maximum absolute atomic E-state index is 12.0. The molecule has 0 aromatic carbocycles. The molecule has 4 atom stereocenters. The summed E-state index contributed by atoms with van der Waals surface area (Å²) in [5.41, 5.74) is 0. The van der Waals surface area contributed by atoms with Crippen molar-refractivity contribution in [3.63, 3.8) is 0 Å². The number of hydrogen-bond donors (Lipinski definition) is 0. The molecule has 0 saturated heterocycles. The highest BCUT2D eigenvalue weighted by atomic mass is 16.6. The first-order valence-corrected chi connectivity index (χ1v) is 8.23. The van der Waals surface area contributed by atoms with Crippen molar-refractivity contribution in [3.8, 4) is 0 Å². The Balaban J connectivity index is 1.66. The normalized spacial score (nSPS) is 30.8. The molecule has 0 amide bonds. The minimum absolute atomic E-state index is 0.0656. The number of esters is 2.